The first kappa shape index (κ1) is 13.2. The van der Waals surface area contributed by atoms with Gasteiger partial charge in [0.15, 0.2) is 5.69 Å². The fourth-order valence-electron chi connectivity index (χ4n) is 2.33. The van der Waals surface area contributed by atoms with Crippen LogP contribution in [0.15, 0.2) is 12.3 Å². The van der Waals surface area contributed by atoms with Gasteiger partial charge in [-0.25, -0.2) is 0 Å². The van der Waals surface area contributed by atoms with Crippen LogP contribution in [0.5, 0.6) is 0 Å². The molecule has 2 aromatic heterocycles. The van der Waals surface area contributed by atoms with E-state index in [0.717, 1.165) is 24.8 Å². The summed E-state index contributed by atoms with van der Waals surface area (Å²) in [6.07, 6.45) is 4.64. The molecule has 7 heteroatoms. The molecule has 1 N–H and O–H groups in total. The molecule has 0 bridgehead atoms. The fourth-order valence-corrected chi connectivity index (χ4v) is 3.70. The van der Waals surface area contributed by atoms with Crippen LogP contribution >= 0.6 is 22.9 Å². The van der Waals surface area contributed by atoms with Gasteiger partial charge in [0, 0.05) is 11.1 Å². The molecule has 2 heterocycles. The van der Waals surface area contributed by atoms with E-state index in [1.54, 1.807) is 12.3 Å². The van der Waals surface area contributed by atoms with Crippen LogP contribution in [-0.2, 0) is 18.8 Å². The van der Waals surface area contributed by atoms with E-state index < -0.39 is 0 Å². The maximum absolute atomic E-state index is 12.1. The van der Waals surface area contributed by atoms with Gasteiger partial charge in [0.25, 0.3) is 5.91 Å². The number of halogens is 1. The number of anilines is 1. The Hall–Kier alpha value is -1.84. The standard InChI is InChI=1S/C13H11ClN4OS/c14-7-18-5-4-10(17-18)12(19)16-13-9(6-15)8-2-1-3-11(8)20-13/h4-5H,1-3,7H2,(H,16,19). The number of hydrogen-bond donors (Lipinski definition) is 1. The SMILES string of the molecule is N#Cc1c(NC(=O)c2ccn(CCl)n2)sc2c1CCC2. The molecular formula is C13H11ClN4OS. The van der Waals surface area contributed by atoms with Crippen molar-refractivity contribution in [2.45, 2.75) is 25.3 Å². The highest BCUT2D eigenvalue weighted by molar-refractivity contribution is 7.16. The monoisotopic (exact) mass is 306 g/mol. The molecule has 5 nitrogen and oxygen atoms in total. The van der Waals surface area contributed by atoms with E-state index in [2.05, 4.69) is 16.5 Å². The van der Waals surface area contributed by atoms with Crippen molar-refractivity contribution in [2.75, 3.05) is 5.32 Å². The van der Waals surface area contributed by atoms with Gasteiger partial charge in [-0.2, -0.15) is 10.4 Å². The van der Waals surface area contributed by atoms with E-state index in [1.807, 2.05) is 0 Å². The van der Waals surface area contributed by atoms with Crippen molar-refractivity contribution < 1.29 is 4.79 Å². The van der Waals surface area contributed by atoms with Crippen molar-refractivity contribution in [3.05, 3.63) is 34.0 Å². The number of nitrogens with zero attached hydrogens (tertiary/aromatic N) is 3. The largest absolute Gasteiger partial charge is 0.311 e. The van der Waals surface area contributed by atoms with Crippen molar-refractivity contribution in [3.8, 4) is 6.07 Å². The highest BCUT2D eigenvalue weighted by Crippen LogP contribution is 2.38. The Bertz CT molecular complexity index is 713. The molecule has 0 unspecified atom stereocenters. The Balaban J connectivity index is 1.85. The molecule has 0 aromatic carbocycles. The first-order valence-electron chi connectivity index (χ1n) is 6.18. The molecule has 0 saturated heterocycles. The number of aromatic nitrogens is 2. The number of carbonyl (C=O) groups excluding carboxylic acids is 1. The summed E-state index contributed by atoms with van der Waals surface area (Å²) < 4.78 is 1.47. The molecule has 102 valence electrons. The lowest BCUT2D eigenvalue weighted by Crippen LogP contribution is -2.13. The number of carbonyl (C=O) groups is 1. The van der Waals surface area contributed by atoms with E-state index in [0.29, 0.717) is 16.3 Å². The van der Waals surface area contributed by atoms with Gasteiger partial charge in [-0.05, 0) is 30.9 Å². The Labute approximate surface area is 124 Å². The van der Waals surface area contributed by atoms with E-state index in [1.165, 1.54) is 20.9 Å². The number of aryl methyl sites for hydroxylation is 1. The molecule has 0 saturated carbocycles. The summed E-state index contributed by atoms with van der Waals surface area (Å²) in [6, 6.07) is 4.00. The minimum absolute atomic E-state index is 0.198. The Morgan fingerprint density at radius 2 is 2.45 bits per heavy atom. The van der Waals surface area contributed by atoms with Gasteiger partial charge >= 0.3 is 0 Å². The molecule has 1 aliphatic rings. The summed E-state index contributed by atoms with van der Waals surface area (Å²) in [6.45, 7) is 0. The number of thiophene rings is 1. The maximum Gasteiger partial charge on any atom is 0.276 e. The third-order valence-corrected chi connectivity index (χ3v) is 4.71. The van der Waals surface area contributed by atoms with Crippen molar-refractivity contribution in [1.29, 1.82) is 5.26 Å². The first-order valence-corrected chi connectivity index (χ1v) is 7.53. The number of nitrogens with one attached hydrogen (secondary N) is 1. The lowest BCUT2D eigenvalue weighted by molar-refractivity contribution is 0.102. The zero-order valence-corrected chi connectivity index (χ0v) is 12.1. The molecule has 3 rings (SSSR count). The van der Waals surface area contributed by atoms with Crippen LogP contribution < -0.4 is 5.32 Å². The van der Waals surface area contributed by atoms with Gasteiger partial charge in [-0.3, -0.25) is 9.48 Å². The summed E-state index contributed by atoms with van der Waals surface area (Å²) in [4.78, 5) is 13.3. The second-order valence-electron chi connectivity index (χ2n) is 4.49. The number of fused-ring (bicyclic) bond motifs is 1. The molecule has 1 aliphatic carbocycles. The van der Waals surface area contributed by atoms with Crippen LogP contribution in [0.4, 0.5) is 5.00 Å². The Morgan fingerprint density at radius 3 is 3.15 bits per heavy atom. The molecule has 0 fully saturated rings. The van der Waals surface area contributed by atoms with Crippen LogP contribution in [0.25, 0.3) is 0 Å². The number of nitriles is 1. The van der Waals surface area contributed by atoms with Crippen LogP contribution in [0.1, 0.15) is 32.9 Å². The molecule has 20 heavy (non-hydrogen) atoms. The molecule has 0 radical (unpaired) electrons. The second kappa shape index (κ2) is 5.27. The van der Waals surface area contributed by atoms with Gasteiger partial charge < -0.3 is 5.32 Å². The smallest absolute Gasteiger partial charge is 0.276 e. The number of rotatable bonds is 3. The zero-order valence-electron chi connectivity index (χ0n) is 10.5. The zero-order chi connectivity index (χ0) is 14.1. The summed E-state index contributed by atoms with van der Waals surface area (Å²) in [5.41, 5.74) is 2.00. The van der Waals surface area contributed by atoms with E-state index in [9.17, 15) is 10.1 Å². The van der Waals surface area contributed by atoms with Gasteiger partial charge in [0.05, 0.1) is 5.56 Å². The second-order valence-corrected chi connectivity index (χ2v) is 5.83. The minimum atomic E-state index is -0.315. The lowest BCUT2D eigenvalue weighted by atomic mass is 10.1. The summed E-state index contributed by atoms with van der Waals surface area (Å²) >= 11 is 7.12. The van der Waals surface area contributed by atoms with Crippen LogP contribution in [0.2, 0.25) is 0 Å². The number of hydrogen-bond acceptors (Lipinski definition) is 4. The quantitative estimate of drug-likeness (QED) is 0.886. The van der Waals surface area contributed by atoms with Crippen LogP contribution in [0, 0.1) is 11.3 Å². The van der Waals surface area contributed by atoms with E-state index >= 15 is 0 Å². The predicted octanol–water partition coefficient (Wildman–Crippen LogP) is 2.75. The summed E-state index contributed by atoms with van der Waals surface area (Å²) in [7, 11) is 0. The minimum Gasteiger partial charge on any atom is -0.311 e. The Kier molecular flexibility index (Phi) is 3.47. The highest BCUT2D eigenvalue weighted by Gasteiger charge is 2.23. The van der Waals surface area contributed by atoms with Crippen LogP contribution in [0.3, 0.4) is 0 Å². The first-order chi connectivity index (χ1) is 9.72. The maximum atomic E-state index is 12.1. The fraction of sp³-hybridized carbons (Fsp3) is 0.308. The van der Waals surface area contributed by atoms with Gasteiger partial charge in [0.1, 0.15) is 17.1 Å². The Morgan fingerprint density at radius 1 is 1.60 bits per heavy atom. The number of alkyl halides is 1. The van der Waals surface area contributed by atoms with E-state index in [-0.39, 0.29) is 11.9 Å². The van der Waals surface area contributed by atoms with Crippen molar-refractivity contribution in [2.24, 2.45) is 0 Å². The summed E-state index contributed by atoms with van der Waals surface area (Å²) in [5, 5.41) is 16.7. The average molecular weight is 307 g/mol. The molecule has 2 aromatic rings. The lowest BCUT2D eigenvalue weighted by Gasteiger charge is -2.01. The third kappa shape index (κ3) is 2.19. The number of amides is 1. The van der Waals surface area contributed by atoms with E-state index in [4.69, 9.17) is 11.6 Å². The van der Waals surface area contributed by atoms with Gasteiger partial charge in [0.2, 0.25) is 0 Å². The molecule has 0 spiro atoms. The van der Waals surface area contributed by atoms with Gasteiger partial charge in [-0.1, -0.05) is 0 Å². The predicted molar refractivity (Wildman–Crippen MR) is 77.1 cm³/mol. The van der Waals surface area contributed by atoms with Crippen molar-refractivity contribution >= 4 is 33.8 Å². The molecule has 1 amide bonds. The molecule has 0 atom stereocenters. The van der Waals surface area contributed by atoms with Crippen molar-refractivity contribution in [3.63, 3.8) is 0 Å². The third-order valence-electron chi connectivity index (χ3n) is 3.26. The highest BCUT2D eigenvalue weighted by atomic mass is 35.5. The van der Waals surface area contributed by atoms with Crippen LogP contribution in [-0.4, -0.2) is 15.7 Å². The van der Waals surface area contributed by atoms with Gasteiger partial charge in [-0.15, -0.1) is 22.9 Å². The average Bonchev–Trinajstić information content (AvgIpc) is 3.13. The molecular weight excluding hydrogens is 296 g/mol. The topological polar surface area (TPSA) is 70.7 Å². The molecule has 0 aliphatic heterocycles. The van der Waals surface area contributed by atoms with Crippen molar-refractivity contribution in [1.82, 2.24) is 9.78 Å². The normalized spacial score (nSPS) is 13.0. The summed E-state index contributed by atoms with van der Waals surface area (Å²) in [5.74, 6) is -0.315.